The van der Waals surface area contributed by atoms with Gasteiger partial charge in [0.25, 0.3) is 0 Å². The van der Waals surface area contributed by atoms with Crippen LogP contribution in [0.3, 0.4) is 0 Å². The minimum atomic E-state index is -0.305. The van der Waals surface area contributed by atoms with Crippen molar-refractivity contribution in [3.05, 3.63) is 28.8 Å². The standard InChI is InChI=1S/C14H20BClO3/c1-13(2)14(3,4)19-15(18-13)9-10-6-11(16)8-12(7-10)17-5/h6-8H,9H2,1-5H3. The number of rotatable bonds is 3. The van der Waals surface area contributed by atoms with Crippen LogP contribution < -0.4 is 4.74 Å². The van der Waals surface area contributed by atoms with E-state index >= 15 is 0 Å². The van der Waals surface area contributed by atoms with Crippen LogP contribution in [0.4, 0.5) is 0 Å². The second-order valence-electron chi connectivity index (χ2n) is 5.89. The summed E-state index contributed by atoms with van der Waals surface area (Å²) in [6.07, 6.45) is 0.657. The molecule has 0 aromatic heterocycles. The van der Waals surface area contributed by atoms with Crippen molar-refractivity contribution in [1.29, 1.82) is 0 Å². The number of benzene rings is 1. The van der Waals surface area contributed by atoms with Crippen LogP contribution in [0.1, 0.15) is 33.3 Å². The Bertz CT molecular complexity index is 458. The average molecular weight is 283 g/mol. The third-order valence-electron chi connectivity index (χ3n) is 3.87. The van der Waals surface area contributed by atoms with E-state index in [0.717, 1.165) is 11.3 Å². The van der Waals surface area contributed by atoms with Gasteiger partial charge in [-0.1, -0.05) is 11.6 Å². The van der Waals surface area contributed by atoms with Gasteiger partial charge < -0.3 is 14.0 Å². The van der Waals surface area contributed by atoms with Crippen LogP contribution in [0.25, 0.3) is 0 Å². The number of hydrogen-bond acceptors (Lipinski definition) is 3. The molecule has 0 N–H and O–H groups in total. The minimum absolute atomic E-state index is 0.256. The quantitative estimate of drug-likeness (QED) is 0.794. The maximum Gasteiger partial charge on any atom is 0.462 e. The Hall–Kier alpha value is -0.705. The monoisotopic (exact) mass is 282 g/mol. The molecule has 104 valence electrons. The molecule has 0 bridgehead atoms. The summed E-state index contributed by atoms with van der Waals surface area (Å²) in [6, 6.07) is 5.65. The molecule has 1 aliphatic heterocycles. The summed E-state index contributed by atoms with van der Waals surface area (Å²) in [5, 5.41) is 0.658. The van der Waals surface area contributed by atoms with E-state index in [4.69, 9.17) is 25.6 Å². The second-order valence-corrected chi connectivity index (χ2v) is 6.33. The van der Waals surface area contributed by atoms with Gasteiger partial charge in [0, 0.05) is 11.3 Å². The summed E-state index contributed by atoms with van der Waals surface area (Å²) >= 11 is 6.06. The Balaban J connectivity index is 2.13. The van der Waals surface area contributed by atoms with E-state index in [-0.39, 0.29) is 18.3 Å². The molecule has 1 heterocycles. The third kappa shape index (κ3) is 3.07. The van der Waals surface area contributed by atoms with E-state index in [0.29, 0.717) is 11.3 Å². The van der Waals surface area contributed by atoms with E-state index in [2.05, 4.69) is 0 Å². The van der Waals surface area contributed by atoms with Gasteiger partial charge in [-0.05, 0) is 51.5 Å². The van der Waals surface area contributed by atoms with Gasteiger partial charge in [-0.15, -0.1) is 0 Å². The van der Waals surface area contributed by atoms with E-state index in [1.165, 1.54) is 0 Å². The average Bonchev–Trinajstić information content (AvgIpc) is 2.45. The zero-order valence-electron chi connectivity index (χ0n) is 12.1. The molecule has 0 radical (unpaired) electrons. The molecule has 0 spiro atoms. The molecule has 1 aromatic carbocycles. The number of halogens is 1. The lowest BCUT2D eigenvalue weighted by molar-refractivity contribution is 0.00578. The molecule has 0 atom stereocenters. The molecule has 0 unspecified atom stereocenters. The van der Waals surface area contributed by atoms with Crippen molar-refractivity contribution in [2.75, 3.05) is 7.11 Å². The number of ether oxygens (including phenoxy) is 1. The Morgan fingerprint density at radius 3 is 2.21 bits per heavy atom. The molecule has 5 heteroatoms. The predicted octanol–water partition coefficient (Wildman–Crippen LogP) is 3.52. The normalized spacial score (nSPS) is 20.6. The van der Waals surface area contributed by atoms with Crippen LogP contribution in [-0.4, -0.2) is 25.4 Å². The minimum Gasteiger partial charge on any atom is -0.497 e. The van der Waals surface area contributed by atoms with Crippen LogP contribution in [-0.2, 0) is 15.6 Å². The lowest BCUT2D eigenvalue weighted by atomic mass is 9.81. The molecule has 2 rings (SSSR count). The number of hydrogen-bond donors (Lipinski definition) is 0. The summed E-state index contributed by atoms with van der Waals surface area (Å²) in [6.45, 7) is 8.19. The third-order valence-corrected chi connectivity index (χ3v) is 4.09. The molecule has 0 saturated carbocycles. The fourth-order valence-electron chi connectivity index (χ4n) is 2.10. The largest absolute Gasteiger partial charge is 0.497 e. The topological polar surface area (TPSA) is 27.7 Å². The summed E-state index contributed by atoms with van der Waals surface area (Å²) in [5.41, 5.74) is 0.434. The summed E-state index contributed by atoms with van der Waals surface area (Å²) in [4.78, 5) is 0. The van der Waals surface area contributed by atoms with Crippen LogP contribution in [0, 0.1) is 0 Å². The highest BCUT2D eigenvalue weighted by Gasteiger charge is 2.50. The van der Waals surface area contributed by atoms with Crippen LogP contribution in [0.5, 0.6) is 5.75 Å². The summed E-state index contributed by atoms with van der Waals surface area (Å²) in [7, 11) is 1.37. The maximum absolute atomic E-state index is 6.06. The van der Waals surface area contributed by atoms with Gasteiger partial charge >= 0.3 is 7.12 Å². The van der Waals surface area contributed by atoms with E-state index < -0.39 is 0 Å². The van der Waals surface area contributed by atoms with Crippen molar-refractivity contribution in [2.45, 2.75) is 45.2 Å². The van der Waals surface area contributed by atoms with Crippen LogP contribution in [0.2, 0.25) is 5.02 Å². The molecule has 1 saturated heterocycles. The first-order valence-corrected chi connectivity index (χ1v) is 6.80. The molecular weight excluding hydrogens is 262 g/mol. The maximum atomic E-state index is 6.06. The lowest BCUT2D eigenvalue weighted by Gasteiger charge is -2.32. The molecule has 0 aliphatic carbocycles. The van der Waals surface area contributed by atoms with Crippen molar-refractivity contribution in [1.82, 2.24) is 0 Å². The Morgan fingerprint density at radius 2 is 1.68 bits per heavy atom. The second kappa shape index (κ2) is 5.00. The van der Waals surface area contributed by atoms with Crippen molar-refractivity contribution in [3.8, 4) is 5.75 Å². The highest BCUT2D eigenvalue weighted by Crippen LogP contribution is 2.37. The van der Waals surface area contributed by atoms with E-state index in [1.807, 2.05) is 39.8 Å². The Morgan fingerprint density at radius 1 is 1.11 bits per heavy atom. The van der Waals surface area contributed by atoms with Gasteiger partial charge in [0.05, 0.1) is 18.3 Å². The van der Waals surface area contributed by atoms with Gasteiger partial charge in [-0.2, -0.15) is 0 Å². The Labute approximate surface area is 120 Å². The van der Waals surface area contributed by atoms with Crippen LogP contribution >= 0.6 is 11.6 Å². The molecule has 3 nitrogen and oxygen atoms in total. The van der Waals surface area contributed by atoms with E-state index in [1.54, 1.807) is 13.2 Å². The first-order chi connectivity index (χ1) is 8.73. The van der Waals surface area contributed by atoms with Crippen molar-refractivity contribution < 1.29 is 14.0 Å². The predicted molar refractivity (Wildman–Crippen MR) is 77.8 cm³/mol. The smallest absolute Gasteiger partial charge is 0.462 e. The van der Waals surface area contributed by atoms with Crippen LogP contribution in [0.15, 0.2) is 18.2 Å². The van der Waals surface area contributed by atoms with Crippen molar-refractivity contribution >= 4 is 18.7 Å². The van der Waals surface area contributed by atoms with Gasteiger partial charge in [0.15, 0.2) is 0 Å². The van der Waals surface area contributed by atoms with Gasteiger partial charge in [-0.3, -0.25) is 0 Å². The van der Waals surface area contributed by atoms with Crippen molar-refractivity contribution in [2.24, 2.45) is 0 Å². The number of methoxy groups -OCH3 is 1. The summed E-state index contributed by atoms with van der Waals surface area (Å²) < 4.78 is 17.2. The SMILES string of the molecule is COc1cc(Cl)cc(CB2OC(C)(C)C(C)(C)O2)c1. The zero-order chi connectivity index (χ0) is 14.3. The summed E-state index contributed by atoms with van der Waals surface area (Å²) in [5.74, 6) is 0.749. The van der Waals surface area contributed by atoms with Gasteiger partial charge in [-0.25, -0.2) is 0 Å². The molecule has 1 fully saturated rings. The van der Waals surface area contributed by atoms with Gasteiger partial charge in [0.2, 0.25) is 0 Å². The fourth-order valence-corrected chi connectivity index (χ4v) is 2.35. The lowest BCUT2D eigenvalue weighted by Crippen LogP contribution is -2.41. The molecule has 0 amide bonds. The molecule has 1 aromatic rings. The highest BCUT2D eigenvalue weighted by molar-refractivity contribution is 6.45. The zero-order valence-corrected chi connectivity index (χ0v) is 12.9. The van der Waals surface area contributed by atoms with Gasteiger partial charge in [0.1, 0.15) is 5.75 Å². The fraction of sp³-hybridized carbons (Fsp3) is 0.571. The molecule has 19 heavy (non-hydrogen) atoms. The van der Waals surface area contributed by atoms with Crippen molar-refractivity contribution in [3.63, 3.8) is 0 Å². The first kappa shape index (κ1) is 14.7. The highest BCUT2D eigenvalue weighted by atomic mass is 35.5. The molecule has 1 aliphatic rings. The first-order valence-electron chi connectivity index (χ1n) is 6.42. The Kier molecular flexibility index (Phi) is 3.87. The molecular formula is C14H20BClO3. The van der Waals surface area contributed by atoms with E-state index in [9.17, 15) is 0 Å².